The number of hydrogen-bond donors (Lipinski definition) is 0. The molecule has 0 spiro atoms. The van der Waals surface area contributed by atoms with Gasteiger partial charge in [0.2, 0.25) is 0 Å². The van der Waals surface area contributed by atoms with Crippen LogP contribution in [0.3, 0.4) is 0 Å². The Morgan fingerprint density at radius 1 is 0.857 bits per heavy atom. The van der Waals surface area contributed by atoms with Crippen molar-refractivity contribution in [3.05, 3.63) is 83.7 Å². The number of fused-ring (bicyclic) bond motifs is 1. The van der Waals surface area contributed by atoms with Crippen molar-refractivity contribution in [2.75, 3.05) is 19.0 Å². The molecular weight excluding hydrogens is 367 g/mol. The van der Waals surface area contributed by atoms with Gasteiger partial charge in [-0.15, -0.1) is 0 Å². The number of rotatable bonds is 2. The van der Waals surface area contributed by atoms with E-state index in [4.69, 9.17) is 0 Å². The van der Waals surface area contributed by atoms with Crippen LogP contribution in [0.1, 0.15) is 27.7 Å². The second-order valence-corrected chi connectivity index (χ2v) is 6.78. The minimum atomic E-state index is -4.45. The maximum Gasteiger partial charge on any atom is 0.418 e. The minimum absolute atomic E-state index is 0.0501. The van der Waals surface area contributed by atoms with E-state index in [1.807, 2.05) is 30.1 Å². The first-order valence-electron chi connectivity index (χ1n) is 8.72. The first kappa shape index (κ1) is 18.2. The molecule has 0 unspecified atom stereocenters. The van der Waals surface area contributed by atoms with E-state index in [2.05, 4.69) is 0 Å². The summed E-state index contributed by atoms with van der Waals surface area (Å²) in [6.45, 7) is 0. The number of hydrogen-bond acceptors (Lipinski definition) is 2. The molecule has 144 valence electrons. The fourth-order valence-electron chi connectivity index (χ4n) is 3.76. The summed E-state index contributed by atoms with van der Waals surface area (Å²) < 4.78 is 41.5. The van der Waals surface area contributed by atoms with Crippen molar-refractivity contribution < 1.29 is 18.0 Å². The Bertz CT molecular complexity index is 1040. The highest BCUT2D eigenvalue weighted by molar-refractivity contribution is 6.01. The van der Waals surface area contributed by atoms with Crippen LogP contribution in [-0.4, -0.2) is 29.5 Å². The fourth-order valence-corrected chi connectivity index (χ4v) is 3.76. The molecule has 3 aromatic rings. The first-order chi connectivity index (χ1) is 13.3. The SMILES string of the molecule is CN1C(=O)c2ccccc2N(C)[C@H]1c1ccn(-c2ccccc2C(F)(F)F)c1. The molecule has 1 atom stereocenters. The number of alkyl halides is 3. The van der Waals surface area contributed by atoms with Gasteiger partial charge >= 0.3 is 6.18 Å². The van der Waals surface area contributed by atoms with Crippen LogP contribution in [0.4, 0.5) is 18.9 Å². The van der Waals surface area contributed by atoms with Crippen LogP contribution < -0.4 is 4.90 Å². The maximum absolute atomic E-state index is 13.4. The lowest BCUT2D eigenvalue weighted by atomic mass is 10.0. The zero-order chi connectivity index (χ0) is 20.1. The highest BCUT2D eigenvalue weighted by Crippen LogP contribution is 2.38. The van der Waals surface area contributed by atoms with Crippen molar-refractivity contribution in [3.8, 4) is 5.69 Å². The van der Waals surface area contributed by atoms with Gasteiger partial charge < -0.3 is 14.4 Å². The minimum Gasteiger partial charge on any atom is -0.350 e. The number of halogens is 3. The third-order valence-corrected chi connectivity index (χ3v) is 5.07. The predicted octanol–water partition coefficient (Wildman–Crippen LogP) is 4.72. The molecular formula is C21H18F3N3O. The van der Waals surface area contributed by atoms with Gasteiger partial charge in [-0.05, 0) is 30.3 Å². The summed E-state index contributed by atoms with van der Waals surface area (Å²) in [5, 5.41) is 0. The third kappa shape index (κ3) is 2.83. The van der Waals surface area contributed by atoms with Gasteiger partial charge in [-0.3, -0.25) is 4.79 Å². The lowest BCUT2D eigenvalue weighted by Gasteiger charge is -2.41. The molecule has 2 heterocycles. The Balaban J connectivity index is 1.76. The van der Waals surface area contributed by atoms with Gasteiger partial charge in [-0.25, -0.2) is 0 Å². The molecule has 0 saturated carbocycles. The average Bonchev–Trinajstić information content (AvgIpc) is 3.15. The summed E-state index contributed by atoms with van der Waals surface area (Å²) in [6, 6.07) is 14.5. The molecule has 0 bridgehead atoms. The Kier molecular flexibility index (Phi) is 4.18. The van der Waals surface area contributed by atoms with E-state index < -0.39 is 17.9 Å². The fraction of sp³-hybridized carbons (Fsp3) is 0.190. The number of amides is 1. The zero-order valence-corrected chi connectivity index (χ0v) is 15.3. The lowest BCUT2D eigenvalue weighted by Crippen LogP contribution is -2.45. The summed E-state index contributed by atoms with van der Waals surface area (Å²) in [4.78, 5) is 16.3. The topological polar surface area (TPSA) is 28.5 Å². The van der Waals surface area contributed by atoms with E-state index >= 15 is 0 Å². The zero-order valence-electron chi connectivity index (χ0n) is 15.3. The summed E-state index contributed by atoms with van der Waals surface area (Å²) in [7, 11) is 3.56. The Morgan fingerprint density at radius 3 is 2.21 bits per heavy atom. The highest BCUT2D eigenvalue weighted by atomic mass is 19.4. The van der Waals surface area contributed by atoms with Gasteiger partial charge in [0.05, 0.1) is 22.5 Å². The molecule has 4 nitrogen and oxygen atoms in total. The Hall–Kier alpha value is -3.22. The van der Waals surface area contributed by atoms with Gasteiger partial charge in [0.25, 0.3) is 5.91 Å². The molecule has 2 aromatic carbocycles. The maximum atomic E-state index is 13.4. The first-order valence-corrected chi connectivity index (χ1v) is 8.72. The Labute approximate surface area is 160 Å². The second-order valence-electron chi connectivity index (χ2n) is 6.78. The quantitative estimate of drug-likeness (QED) is 0.639. The van der Waals surface area contributed by atoms with Crippen molar-refractivity contribution in [1.29, 1.82) is 0 Å². The van der Waals surface area contributed by atoms with Crippen molar-refractivity contribution >= 4 is 11.6 Å². The molecule has 0 N–H and O–H groups in total. The molecule has 0 aliphatic carbocycles. The number of nitrogens with zero attached hydrogens (tertiary/aromatic N) is 3. The Morgan fingerprint density at radius 2 is 1.50 bits per heavy atom. The van der Waals surface area contributed by atoms with Crippen LogP contribution in [0.5, 0.6) is 0 Å². The largest absolute Gasteiger partial charge is 0.418 e. The van der Waals surface area contributed by atoms with Gasteiger partial charge in [0.1, 0.15) is 6.17 Å². The molecule has 1 aromatic heterocycles. The van der Waals surface area contributed by atoms with Crippen LogP contribution in [0, 0.1) is 0 Å². The number of carbonyl (C=O) groups is 1. The average molecular weight is 385 g/mol. The molecule has 1 aliphatic rings. The van der Waals surface area contributed by atoms with Crippen LogP contribution in [-0.2, 0) is 6.18 Å². The summed E-state index contributed by atoms with van der Waals surface area (Å²) in [5.74, 6) is -0.123. The molecule has 1 aliphatic heterocycles. The van der Waals surface area contributed by atoms with Crippen LogP contribution in [0.2, 0.25) is 0 Å². The van der Waals surface area contributed by atoms with E-state index in [0.717, 1.165) is 17.3 Å². The number of carbonyl (C=O) groups excluding carboxylic acids is 1. The predicted molar refractivity (Wildman–Crippen MR) is 100 cm³/mol. The second kappa shape index (κ2) is 6.44. The normalized spacial score (nSPS) is 17.0. The van der Waals surface area contributed by atoms with Crippen molar-refractivity contribution in [2.45, 2.75) is 12.3 Å². The third-order valence-electron chi connectivity index (χ3n) is 5.07. The van der Waals surface area contributed by atoms with Crippen molar-refractivity contribution in [1.82, 2.24) is 9.47 Å². The summed E-state index contributed by atoms with van der Waals surface area (Å²) in [5.41, 5.74) is 1.47. The summed E-state index contributed by atoms with van der Waals surface area (Å²) >= 11 is 0. The number of aromatic nitrogens is 1. The van der Waals surface area contributed by atoms with Crippen molar-refractivity contribution in [3.63, 3.8) is 0 Å². The standard InChI is InChI=1S/C21H18F3N3O/c1-25-17-9-5-3-7-15(17)20(28)26(2)19(25)14-11-12-27(13-14)18-10-6-4-8-16(18)21(22,23)24/h3-13,19H,1-2H3/t19-/m1/s1. The molecule has 1 amide bonds. The van der Waals surface area contributed by atoms with E-state index in [9.17, 15) is 18.0 Å². The van der Waals surface area contributed by atoms with Gasteiger partial charge in [-0.1, -0.05) is 24.3 Å². The monoisotopic (exact) mass is 385 g/mol. The van der Waals surface area contributed by atoms with Crippen molar-refractivity contribution in [2.24, 2.45) is 0 Å². The molecule has 0 saturated heterocycles. The van der Waals surface area contributed by atoms with Gasteiger partial charge in [0, 0.05) is 32.1 Å². The van der Waals surface area contributed by atoms with Gasteiger partial charge in [-0.2, -0.15) is 13.2 Å². The lowest BCUT2D eigenvalue weighted by molar-refractivity contribution is -0.137. The van der Waals surface area contributed by atoms with E-state index in [-0.39, 0.29) is 11.6 Å². The smallest absolute Gasteiger partial charge is 0.350 e. The molecule has 7 heteroatoms. The van der Waals surface area contributed by atoms with Gasteiger partial charge in [0.15, 0.2) is 0 Å². The van der Waals surface area contributed by atoms with Crippen LogP contribution in [0.15, 0.2) is 67.0 Å². The van der Waals surface area contributed by atoms with Crippen LogP contribution in [0.25, 0.3) is 5.69 Å². The number of para-hydroxylation sites is 2. The van der Waals surface area contributed by atoms with E-state index in [1.54, 1.807) is 42.5 Å². The molecule has 0 fully saturated rings. The number of benzene rings is 2. The molecule has 4 rings (SSSR count). The highest BCUT2D eigenvalue weighted by Gasteiger charge is 2.36. The van der Waals surface area contributed by atoms with E-state index in [1.165, 1.54) is 16.7 Å². The van der Waals surface area contributed by atoms with E-state index in [0.29, 0.717) is 5.56 Å². The molecule has 28 heavy (non-hydrogen) atoms. The molecule has 0 radical (unpaired) electrons. The number of anilines is 1. The summed E-state index contributed by atoms with van der Waals surface area (Å²) in [6.07, 6.45) is -1.63. The van der Waals surface area contributed by atoms with Crippen LogP contribution >= 0.6 is 0 Å².